The molecule has 0 unspecified atom stereocenters. The van der Waals surface area contributed by atoms with Gasteiger partial charge in [0.05, 0.1) is 11.5 Å². The van der Waals surface area contributed by atoms with Crippen LogP contribution in [0.3, 0.4) is 0 Å². The van der Waals surface area contributed by atoms with E-state index in [1.165, 1.54) is 0 Å². The summed E-state index contributed by atoms with van der Waals surface area (Å²) < 4.78 is 26.4. The molecule has 11 nitrogen and oxygen atoms in total. The van der Waals surface area contributed by atoms with E-state index in [0.29, 0.717) is 18.4 Å². The van der Waals surface area contributed by atoms with Crippen molar-refractivity contribution in [3.05, 3.63) is 60.2 Å². The SMILES string of the molecule is N[C@@H](CCC(=O)N[C@@H](CS(=O)(=O)Cc1ccc(-c2ccccc2)cc1)C(=O)N[C@@H](C(=O)O)C1CCCCC1)C(=O)O. The van der Waals surface area contributed by atoms with Gasteiger partial charge in [0.25, 0.3) is 0 Å². The van der Waals surface area contributed by atoms with E-state index in [1.54, 1.807) is 24.3 Å². The lowest BCUT2D eigenvalue weighted by Gasteiger charge is -2.29. The molecular weight excluding hydrogens is 550 g/mol. The van der Waals surface area contributed by atoms with E-state index in [-0.39, 0.29) is 18.8 Å². The Balaban J connectivity index is 1.74. The number of hydrogen-bond donors (Lipinski definition) is 5. The molecule has 2 aromatic rings. The van der Waals surface area contributed by atoms with Gasteiger partial charge in [0.1, 0.15) is 18.1 Å². The number of nitrogens with one attached hydrogen (secondary N) is 2. The summed E-state index contributed by atoms with van der Waals surface area (Å²) in [6, 6.07) is 12.4. The van der Waals surface area contributed by atoms with Gasteiger partial charge in [-0.25, -0.2) is 13.2 Å². The first-order valence-corrected chi connectivity index (χ1v) is 15.4. The van der Waals surface area contributed by atoms with E-state index in [4.69, 9.17) is 10.8 Å². The van der Waals surface area contributed by atoms with Crippen LogP contribution in [-0.4, -0.2) is 66.3 Å². The molecule has 2 aromatic carbocycles. The maximum atomic E-state index is 13.2. The van der Waals surface area contributed by atoms with Gasteiger partial charge in [0.15, 0.2) is 9.84 Å². The molecule has 222 valence electrons. The Morgan fingerprint density at radius 1 is 0.854 bits per heavy atom. The van der Waals surface area contributed by atoms with Crippen molar-refractivity contribution in [2.45, 2.75) is 68.8 Å². The number of carbonyl (C=O) groups excluding carboxylic acids is 2. The molecule has 1 saturated carbocycles. The smallest absolute Gasteiger partial charge is 0.326 e. The second kappa shape index (κ2) is 14.7. The normalized spacial score (nSPS) is 16.2. The van der Waals surface area contributed by atoms with E-state index in [1.807, 2.05) is 30.3 Å². The summed E-state index contributed by atoms with van der Waals surface area (Å²) in [7, 11) is -3.97. The van der Waals surface area contributed by atoms with Crippen LogP contribution in [0.25, 0.3) is 11.1 Å². The van der Waals surface area contributed by atoms with E-state index in [9.17, 15) is 32.7 Å². The standard InChI is InChI=1S/C29H37N3O8S/c30-23(28(35)36)15-16-25(33)31-24(27(34)32-26(29(37)38)22-9-5-2-6-10-22)18-41(39,40)17-19-11-13-21(14-12-19)20-7-3-1-4-8-20/h1,3-4,7-8,11-14,22-24,26H,2,5-6,9-10,15-18,30H2,(H,31,33)(H,32,34)(H,35,36)(H,37,38)/t23-,24-,26+/m0/s1. The first-order valence-electron chi connectivity index (χ1n) is 13.6. The van der Waals surface area contributed by atoms with Crippen molar-refractivity contribution >= 4 is 33.6 Å². The third-order valence-corrected chi connectivity index (χ3v) is 8.82. The lowest BCUT2D eigenvalue weighted by atomic mass is 9.84. The molecule has 0 aliphatic heterocycles. The largest absolute Gasteiger partial charge is 0.480 e. The van der Waals surface area contributed by atoms with Crippen LogP contribution in [-0.2, 0) is 34.8 Å². The summed E-state index contributed by atoms with van der Waals surface area (Å²) in [6.45, 7) is 0. The number of amides is 2. The Morgan fingerprint density at radius 2 is 1.46 bits per heavy atom. The van der Waals surface area contributed by atoms with Crippen molar-refractivity contribution in [2.24, 2.45) is 11.7 Å². The van der Waals surface area contributed by atoms with Crippen LogP contribution in [0.2, 0.25) is 0 Å². The zero-order valence-corrected chi connectivity index (χ0v) is 23.5. The quantitative estimate of drug-likeness (QED) is 0.220. The molecule has 3 rings (SSSR count). The third kappa shape index (κ3) is 9.98. The molecule has 0 radical (unpaired) electrons. The highest BCUT2D eigenvalue weighted by molar-refractivity contribution is 7.90. The van der Waals surface area contributed by atoms with E-state index in [2.05, 4.69) is 10.6 Å². The topological polar surface area (TPSA) is 193 Å². The van der Waals surface area contributed by atoms with Gasteiger partial charge in [-0.3, -0.25) is 14.4 Å². The van der Waals surface area contributed by atoms with Crippen LogP contribution in [0.5, 0.6) is 0 Å². The van der Waals surface area contributed by atoms with Crippen molar-refractivity contribution in [1.29, 1.82) is 0 Å². The van der Waals surface area contributed by atoms with Gasteiger partial charge in [-0.2, -0.15) is 0 Å². The van der Waals surface area contributed by atoms with Gasteiger partial charge in [-0.1, -0.05) is 73.9 Å². The number of nitrogens with two attached hydrogens (primary N) is 1. The van der Waals surface area contributed by atoms with Gasteiger partial charge in [-0.05, 0) is 41.9 Å². The predicted molar refractivity (Wildman–Crippen MR) is 152 cm³/mol. The fraction of sp³-hybridized carbons (Fsp3) is 0.448. The summed E-state index contributed by atoms with van der Waals surface area (Å²) in [4.78, 5) is 48.8. The molecule has 6 N–H and O–H groups in total. The molecule has 0 bridgehead atoms. The molecule has 1 fully saturated rings. The summed E-state index contributed by atoms with van der Waals surface area (Å²) in [5, 5.41) is 23.5. The Labute approximate surface area is 239 Å². The second-order valence-corrected chi connectivity index (χ2v) is 12.6. The Morgan fingerprint density at radius 3 is 2.05 bits per heavy atom. The lowest BCUT2D eigenvalue weighted by Crippen LogP contribution is -2.56. The van der Waals surface area contributed by atoms with E-state index < -0.39 is 63.2 Å². The molecule has 3 atom stereocenters. The summed E-state index contributed by atoms with van der Waals surface area (Å²) in [5.41, 5.74) is 7.80. The number of carboxylic acids is 2. The number of hydrogen-bond acceptors (Lipinski definition) is 7. The highest BCUT2D eigenvalue weighted by atomic mass is 32.2. The van der Waals surface area contributed by atoms with Gasteiger partial charge in [0.2, 0.25) is 11.8 Å². The van der Waals surface area contributed by atoms with Crippen molar-refractivity contribution < 1.29 is 37.8 Å². The van der Waals surface area contributed by atoms with Crippen molar-refractivity contribution in [3.8, 4) is 11.1 Å². The minimum absolute atomic E-state index is 0.226. The van der Waals surface area contributed by atoms with Crippen LogP contribution >= 0.6 is 0 Å². The molecule has 0 heterocycles. The van der Waals surface area contributed by atoms with Gasteiger partial charge in [0, 0.05) is 6.42 Å². The molecule has 1 aliphatic rings. The first kappa shape index (κ1) is 31.8. The molecule has 0 saturated heterocycles. The van der Waals surface area contributed by atoms with E-state index in [0.717, 1.165) is 30.4 Å². The summed E-state index contributed by atoms with van der Waals surface area (Å²) >= 11 is 0. The van der Waals surface area contributed by atoms with Crippen LogP contribution in [0.1, 0.15) is 50.5 Å². The number of carbonyl (C=O) groups is 4. The molecule has 0 aromatic heterocycles. The molecule has 41 heavy (non-hydrogen) atoms. The second-order valence-electron chi connectivity index (χ2n) is 10.4. The van der Waals surface area contributed by atoms with Crippen LogP contribution in [0.15, 0.2) is 54.6 Å². The fourth-order valence-electron chi connectivity index (χ4n) is 4.95. The highest BCUT2D eigenvalue weighted by Crippen LogP contribution is 2.27. The average molecular weight is 588 g/mol. The van der Waals surface area contributed by atoms with E-state index >= 15 is 0 Å². The third-order valence-electron chi connectivity index (χ3n) is 7.20. The van der Waals surface area contributed by atoms with Crippen molar-refractivity contribution in [3.63, 3.8) is 0 Å². The van der Waals surface area contributed by atoms with Crippen LogP contribution < -0.4 is 16.4 Å². The molecule has 2 amide bonds. The maximum Gasteiger partial charge on any atom is 0.326 e. The van der Waals surface area contributed by atoms with Crippen LogP contribution in [0, 0.1) is 5.92 Å². The highest BCUT2D eigenvalue weighted by Gasteiger charge is 2.35. The number of rotatable bonds is 14. The van der Waals surface area contributed by atoms with Gasteiger partial charge < -0.3 is 26.6 Å². The zero-order valence-electron chi connectivity index (χ0n) is 22.7. The average Bonchev–Trinajstić information content (AvgIpc) is 2.94. The number of sulfone groups is 1. The fourth-order valence-corrected chi connectivity index (χ4v) is 6.51. The van der Waals surface area contributed by atoms with Crippen LogP contribution in [0.4, 0.5) is 0 Å². The molecule has 12 heteroatoms. The zero-order chi connectivity index (χ0) is 30.0. The molecule has 1 aliphatic carbocycles. The summed E-state index contributed by atoms with van der Waals surface area (Å²) in [5.74, 6) is -5.72. The van der Waals surface area contributed by atoms with Gasteiger partial charge >= 0.3 is 11.9 Å². The van der Waals surface area contributed by atoms with Crippen molar-refractivity contribution in [1.82, 2.24) is 10.6 Å². The lowest BCUT2D eigenvalue weighted by molar-refractivity contribution is -0.144. The Bertz CT molecular complexity index is 1310. The number of aliphatic carboxylic acids is 2. The number of benzene rings is 2. The minimum atomic E-state index is -3.97. The summed E-state index contributed by atoms with van der Waals surface area (Å²) in [6.07, 6.45) is 3.26. The monoisotopic (exact) mass is 587 g/mol. The molecular formula is C29H37N3O8S. The molecule has 0 spiro atoms. The number of carboxylic acid groups (broad SMARTS) is 2. The maximum absolute atomic E-state index is 13.2. The Kier molecular flexibility index (Phi) is 11.4. The predicted octanol–water partition coefficient (Wildman–Crippen LogP) is 2.10. The van der Waals surface area contributed by atoms with Crippen molar-refractivity contribution in [2.75, 3.05) is 5.75 Å². The first-order chi connectivity index (χ1) is 19.4. The van der Waals surface area contributed by atoms with Gasteiger partial charge in [-0.15, -0.1) is 0 Å². The Hall–Kier alpha value is -3.77. The minimum Gasteiger partial charge on any atom is -0.480 e.